The van der Waals surface area contributed by atoms with Crippen molar-refractivity contribution in [3.05, 3.63) is 58.6 Å². The lowest BCUT2D eigenvalue weighted by Gasteiger charge is -2.32. The zero-order valence-electron chi connectivity index (χ0n) is 17.5. The Morgan fingerprint density at radius 3 is 2.50 bits per heavy atom. The van der Waals surface area contributed by atoms with Crippen LogP contribution < -0.4 is 4.31 Å². The summed E-state index contributed by atoms with van der Waals surface area (Å²) in [6, 6.07) is 12.4. The molecular weight excluding hydrogens is 420 g/mol. The van der Waals surface area contributed by atoms with Crippen LogP contribution in [0.1, 0.15) is 49.5 Å². The Bertz CT molecular complexity index is 1080. The Labute approximate surface area is 183 Å². The van der Waals surface area contributed by atoms with Crippen LogP contribution in [0.15, 0.2) is 47.4 Å². The number of anilines is 1. The van der Waals surface area contributed by atoms with Gasteiger partial charge in [-0.1, -0.05) is 43.6 Å². The number of sulfonamides is 1. The van der Waals surface area contributed by atoms with Gasteiger partial charge in [0.1, 0.15) is 4.90 Å². The molecule has 4 rings (SSSR count). The zero-order chi connectivity index (χ0) is 21.6. The Balaban J connectivity index is 1.71. The van der Waals surface area contributed by atoms with E-state index in [1.165, 1.54) is 16.4 Å². The molecule has 0 spiro atoms. The van der Waals surface area contributed by atoms with Gasteiger partial charge in [0.15, 0.2) is 0 Å². The van der Waals surface area contributed by atoms with Gasteiger partial charge in [0, 0.05) is 24.2 Å². The second kappa shape index (κ2) is 7.89. The summed E-state index contributed by atoms with van der Waals surface area (Å²) < 4.78 is 28.3. The Hall–Kier alpha value is -2.05. The summed E-state index contributed by atoms with van der Waals surface area (Å²) in [4.78, 5) is 15.3. The first kappa shape index (κ1) is 21.2. The Morgan fingerprint density at radius 1 is 1.13 bits per heavy atom. The van der Waals surface area contributed by atoms with Crippen LogP contribution in [0, 0.1) is 5.92 Å². The summed E-state index contributed by atoms with van der Waals surface area (Å²) >= 11 is 6.33. The lowest BCUT2D eigenvalue weighted by Crippen LogP contribution is -2.43. The van der Waals surface area contributed by atoms with Gasteiger partial charge in [0.2, 0.25) is 0 Å². The van der Waals surface area contributed by atoms with E-state index in [9.17, 15) is 13.2 Å². The van der Waals surface area contributed by atoms with E-state index in [0.717, 1.165) is 18.4 Å². The summed E-state index contributed by atoms with van der Waals surface area (Å²) in [5.74, 6) is 0.180. The number of halogens is 1. The van der Waals surface area contributed by atoms with Crippen molar-refractivity contribution < 1.29 is 13.2 Å². The summed E-state index contributed by atoms with van der Waals surface area (Å²) in [6.45, 7) is 6.61. The van der Waals surface area contributed by atoms with Crippen molar-refractivity contribution in [1.82, 2.24) is 4.90 Å². The third-order valence-electron chi connectivity index (χ3n) is 6.17. The number of nitrogens with zero attached hydrogens (tertiary/aromatic N) is 2. The fraction of sp³-hybridized carbons (Fsp3) is 0.435. The number of para-hydroxylation sites is 1. The minimum atomic E-state index is -3.88. The molecular formula is C23H27ClN2O3S. The fourth-order valence-electron chi connectivity index (χ4n) is 4.02. The van der Waals surface area contributed by atoms with Gasteiger partial charge in [-0.15, -0.1) is 0 Å². The average Bonchev–Trinajstić information content (AvgIpc) is 3.44. The monoisotopic (exact) mass is 446 g/mol. The first-order chi connectivity index (χ1) is 14.2. The summed E-state index contributed by atoms with van der Waals surface area (Å²) in [5, 5.41) is 0.130. The predicted molar refractivity (Wildman–Crippen MR) is 120 cm³/mol. The van der Waals surface area contributed by atoms with E-state index in [4.69, 9.17) is 11.6 Å². The van der Waals surface area contributed by atoms with Crippen molar-refractivity contribution in [1.29, 1.82) is 0 Å². The van der Waals surface area contributed by atoms with E-state index < -0.39 is 10.0 Å². The second-order valence-electron chi connectivity index (χ2n) is 8.53. The highest BCUT2D eigenvalue weighted by atomic mass is 35.5. The van der Waals surface area contributed by atoms with Gasteiger partial charge in [-0.2, -0.15) is 0 Å². The molecule has 1 heterocycles. The first-order valence-electron chi connectivity index (χ1n) is 10.4. The third kappa shape index (κ3) is 3.71. The molecule has 5 nitrogen and oxygen atoms in total. The van der Waals surface area contributed by atoms with Gasteiger partial charge in [-0.25, -0.2) is 8.42 Å². The second-order valence-corrected chi connectivity index (χ2v) is 10.8. The molecule has 0 radical (unpaired) electrons. The third-order valence-corrected chi connectivity index (χ3v) is 8.46. The van der Waals surface area contributed by atoms with E-state index >= 15 is 0 Å². The molecule has 2 aliphatic rings. The van der Waals surface area contributed by atoms with Gasteiger partial charge in [0.05, 0.1) is 10.7 Å². The van der Waals surface area contributed by atoms with Gasteiger partial charge in [0.25, 0.3) is 15.9 Å². The maximum absolute atomic E-state index is 13.5. The van der Waals surface area contributed by atoms with Crippen molar-refractivity contribution in [2.75, 3.05) is 10.8 Å². The Kier molecular flexibility index (Phi) is 5.58. The van der Waals surface area contributed by atoms with Crippen molar-refractivity contribution in [3.63, 3.8) is 0 Å². The quantitative estimate of drug-likeness (QED) is 0.643. The number of carbonyl (C=O) groups excluding carboxylic acids is 1. The Morgan fingerprint density at radius 2 is 1.83 bits per heavy atom. The molecule has 1 aliphatic heterocycles. The molecule has 1 fully saturated rings. The van der Waals surface area contributed by atoms with Crippen LogP contribution in [0.2, 0.25) is 5.02 Å². The molecule has 160 valence electrons. The van der Waals surface area contributed by atoms with Crippen molar-refractivity contribution in [2.24, 2.45) is 5.92 Å². The molecule has 1 saturated carbocycles. The molecule has 0 saturated heterocycles. The number of carbonyl (C=O) groups is 1. The molecule has 0 aromatic heterocycles. The minimum Gasteiger partial charge on any atom is -0.333 e. The maximum atomic E-state index is 13.5. The summed E-state index contributed by atoms with van der Waals surface area (Å²) in [5.41, 5.74) is 2.04. The molecule has 1 amide bonds. The normalized spacial score (nSPS) is 17.2. The van der Waals surface area contributed by atoms with Gasteiger partial charge < -0.3 is 4.90 Å². The predicted octanol–water partition coefficient (Wildman–Crippen LogP) is 4.74. The van der Waals surface area contributed by atoms with Crippen LogP contribution in [-0.4, -0.2) is 37.9 Å². The van der Waals surface area contributed by atoms with Crippen LogP contribution in [0.5, 0.6) is 0 Å². The molecule has 0 N–H and O–H groups in total. The number of amides is 1. The summed E-state index contributed by atoms with van der Waals surface area (Å²) in [7, 11) is -3.88. The molecule has 1 atom stereocenters. The number of rotatable bonds is 6. The van der Waals surface area contributed by atoms with E-state index in [1.807, 2.05) is 29.2 Å². The average molecular weight is 447 g/mol. The molecule has 0 bridgehead atoms. The fourth-order valence-corrected chi connectivity index (χ4v) is 6.02. The largest absolute Gasteiger partial charge is 0.333 e. The van der Waals surface area contributed by atoms with E-state index in [0.29, 0.717) is 30.1 Å². The number of hydrogen-bond donors (Lipinski definition) is 0. The molecule has 2 aromatic rings. The standard InChI is InChI=1S/C23H27ClN2O3S/c1-15(2)16(3)26(19-9-10-19)23(27)18-8-11-20(24)22(14-18)30(28,29)25-13-12-17-6-4-5-7-21(17)25/h4-8,11,14-16,19H,9-10,12-13H2,1-3H3/t16-/m0/s1. The van der Waals surface area contributed by atoms with E-state index in [1.54, 1.807) is 6.07 Å². The molecule has 1 aliphatic carbocycles. The van der Waals surface area contributed by atoms with Crippen LogP contribution >= 0.6 is 11.6 Å². The lowest BCUT2D eigenvalue weighted by atomic mass is 10.0. The molecule has 7 heteroatoms. The van der Waals surface area contributed by atoms with Crippen LogP contribution in [0.25, 0.3) is 0 Å². The van der Waals surface area contributed by atoms with Gasteiger partial charge >= 0.3 is 0 Å². The SMILES string of the molecule is CC(C)[C@H](C)N(C(=O)c1ccc(Cl)c(S(=O)(=O)N2CCc3ccccc32)c1)C1CC1. The molecule has 30 heavy (non-hydrogen) atoms. The smallest absolute Gasteiger partial charge is 0.265 e. The van der Waals surface area contributed by atoms with Crippen molar-refractivity contribution >= 4 is 33.2 Å². The highest BCUT2D eigenvalue weighted by Gasteiger charge is 2.38. The van der Waals surface area contributed by atoms with Crippen LogP contribution in [-0.2, 0) is 16.4 Å². The molecule has 2 aromatic carbocycles. The zero-order valence-corrected chi connectivity index (χ0v) is 19.1. The number of benzene rings is 2. The van der Waals surface area contributed by atoms with E-state index in [2.05, 4.69) is 20.8 Å². The van der Waals surface area contributed by atoms with Gasteiger partial charge in [-0.05, 0) is 61.9 Å². The minimum absolute atomic E-state index is 0.0142. The topological polar surface area (TPSA) is 57.7 Å². The maximum Gasteiger partial charge on any atom is 0.265 e. The first-order valence-corrected chi connectivity index (χ1v) is 12.3. The molecule has 0 unspecified atom stereocenters. The highest BCUT2D eigenvalue weighted by Crippen LogP contribution is 2.36. The van der Waals surface area contributed by atoms with Crippen LogP contribution in [0.3, 0.4) is 0 Å². The van der Waals surface area contributed by atoms with E-state index in [-0.39, 0.29) is 27.9 Å². The lowest BCUT2D eigenvalue weighted by molar-refractivity contribution is 0.0627. The summed E-state index contributed by atoms with van der Waals surface area (Å²) in [6.07, 6.45) is 2.64. The van der Waals surface area contributed by atoms with Gasteiger partial charge in [-0.3, -0.25) is 9.10 Å². The van der Waals surface area contributed by atoms with Crippen LogP contribution in [0.4, 0.5) is 5.69 Å². The number of fused-ring (bicyclic) bond motifs is 1. The highest BCUT2D eigenvalue weighted by molar-refractivity contribution is 7.93. The number of hydrogen-bond acceptors (Lipinski definition) is 3. The van der Waals surface area contributed by atoms with Crippen molar-refractivity contribution in [3.8, 4) is 0 Å². The van der Waals surface area contributed by atoms with Crippen molar-refractivity contribution in [2.45, 2.75) is 57.0 Å².